The van der Waals surface area contributed by atoms with E-state index in [-0.39, 0.29) is 11.8 Å². The maximum Gasteiger partial charge on any atom is 0.227 e. The number of aryl methyl sites for hydroxylation is 2. The molecule has 1 saturated heterocycles. The van der Waals surface area contributed by atoms with E-state index in [9.17, 15) is 4.79 Å². The Bertz CT molecular complexity index is 1040. The van der Waals surface area contributed by atoms with E-state index in [1.54, 1.807) is 0 Å². The molecule has 176 valence electrons. The Kier molecular flexibility index (Phi) is 8.20. The number of rotatable bonds is 12. The molecule has 0 bridgehead atoms. The van der Waals surface area contributed by atoms with Crippen molar-refractivity contribution in [1.29, 1.82) is 0 Å². The zero-order chi connectivity index (χ0) is 23.0. The lowest BCUT2D eigenvalue weighted by molar-refractivity contribution is -0.117. The first-order chi connectivity index (χ1) is 16.2. The number of hydrogen-bond acceptors (Lipinski definition) is 2. The highest BCUT2D eigenvalue weighted by Gasteiger charge is 2.34. The Balaban J connectivity index is 1.48. The summed E-state index contributed by atoms with van der Waals surface area (Å²) < 4.78 is 2.39. The summed E-state index contributed by atoms with van der Waals surface area (Å²) in [5.41, 5.74) is 4.61. The standard InChI is InChI=1S/C29H39N3O/c1-3-5-7-8-9-12-20-31-27-15-11-10-14-26(27)30-29(31)24-21-28(33)32(22-24)25-18-16-23(17-19-25)13-6-4-2/h10-11,14-19,24H,3-9,12-13,20-22H2,1-2H3. The molecule has 0 N–H and O–H groups in total. The number of fused-ring (bicyclic) bond motifs is 1. The van der Waals surface area contributed by atoms with E-state index in [0.29, 0.717) is 13.0 Å². The van der Waals surface area contributed by atoms with Crippen LogP contribution < -0.4 is 4.90 Å². The Hall–Kier alpha value is -2.62. The Morgan fingerprint density at radius 3 is 2.39 bits per heavy atom. The number of hydrogen-bond donors (Lipinski definition) is 0. The predicted molar refractivity (Wildman–Crippen MR) is 138 cm³/mol. The van der Waals surface area contributed by atoms with E-state index in [1.807, 2.05) is 4.90 Å². The predicted octanol–water partition coefficient (Wildman–Crippen LogP) is 7.26. The first-order valence-corrected chi connectivity index (χ1v) is 13.1. The minimum Gasteiger partial charge on any atom is -0.328 e. The van der Waals surface area contributed by atoms with E-state index in [2.05, 4.69) is 66.9 Å². The summed E-state index contributed by atoms with van der Waals surface area (Å²) in [5.74, 6) is 1.43. The van der Waals surface area contributed by atoms with Crippen LogP contribution in [0.1, 0.15) is 88.9 Å². The van der Waals surface area contributed by atoms with Gasteiger partial charge in [-0.1, -0.05) is 76.6 Å². The van der Waals surface area contributed by atoms with E-state index >= 15 is 0 Å². The molecule has 4 nitrogen and oxygen atoms in total. The average Bonchev–Trinajstić information content (AvgIpc) is 3.41. The molecule has 0 saturated carbocycles. The van der Waals surface area contributed by atoms with Crippen molar-refractivity contribution in [3.05, 3.63) is 59.9 Å². The van der Waals surface area contributed by atoms with Gasteiger partial charge in [0.1, 0.15) is 5.82 Å². The van der Waals surface area contributed by atoms with Gasteiger partial charge in [-0.25, -0.2) is 4.98 Å². The molecule has 0 aliphatic carbocycles. The highest BCUT2D eigenvalue weighted by Crippen LogP contribution is 2.33. The van der Waals surface area contributed by atoms with Gasteiger partial charge in [-0.3, -0.25) is 4.79 Å². The van der Waals surface area contributed by atoms with Crippen LogP contribution in [0.5, 0.6) is 0 Å². The normalized spacial score (nSPS) is 16.2. The summed E-state index contributed by atoms with van der Waals surface area (Å²) in [6, 6.07) is 17.0. The summed E-state index contributed by atoms with van der Waals surface area (Å²) in [6.07, 6.45) is 11.7. The Morgan fingerprint density at radius 1 is 0.879 bits per heavy atom. The van der Waals surface area contributed by atoms with Crippen LogP contribution in [0.3, 0.4) is 0 Å². The molecule has 4 rings (SSSR count). The van der Waals surface area contributed by atoms with Crippen LogP contribution in [-0.2, 0) is 17.8 Å². The van der Waals surface area contributed by atoms with Crippen LogP contribution in [0.4, 0.5) is 5.69 Å². The largest absolute Gasteiger partial charge is 0.328 e. The van der Waals surface area contributed by atoms with Gasteiger partial charge in [0, 0.05) is 31.1 Å². The zero-order valence-corrected chi connectivity index (χ0v) is 20.4. The maximum atomic E-state index is 13.0. The fraction of sp³-hybridized carbons (Fsp3) is 0.517. The number of amides is 1. The van der Waals surface area contributed by atoms with Crippen LogP contribution in [0, 0.1) is 0 Å². The fourth-order valence-electron chi connectivity index (χ4n) is 5.04. The van der Waals surface area contributed by atoms with Gasteiger partial charge in [-0.15, -0.1) is 0 Å². The lowest BCUT2D eigenvalue weighted by atomic mass is 10.1. The van der Waals surface area contributed by atoms with Crippen molar-refractivity contribution >= 4 is 22.6 Å². The Labute approximate surface area is 199 Å². The number of imidazole rings is 1. The molecule has 1 unspecified atom stereocenters. The third-order valence-corrected chi connectivity index (χ3v) is 6.98. The van der Waals surface area contributed by atoms with E-state index in [0.717, 1.165) is 30.0 Å². The minimum absolute atomic E-state index is 0.143. The first-order valence-electron chi connectivity index (χ1n) is 13.1. The second-order valence-corrected chi connectivity index (χ2v) is 9.55. The third kappa shape index (κ3) is 5.66. The summed E-state index contributed by atoms with van der Waals surface area (Å²) >= 11 is 0. The number of anilines is 1. The van der Waals surface area contributed by atoms with E-state index in [1.165, 1.54) is 62.4 Å². The zero-order valence-electron chi connectivity index (χ0n) is 20.4. The van der Waals surface area contributed by atoms with Crippen molar-refractivity contribution in [2.24, 2.45) is 0 Å². The number of benzene rings is 2. The smallest absolute Gasteiger partial charge is 0.227 e. The van der Waals surface area contributed by atoms with Gasteiger partial charge < -0.3 is 9.47 Å². The van der Waals surface area contributed by atoms with E-state index in [4.69, 9.17) is 4.98 Å². The maximum absolute atomic E-state index is 13.0. The third-order valence-electron chi connectivity index (χ3n) is 6.98. The SMILES string of the molecule is CCCCCCCCn1c(C2CC(=O)N(c3ccc(CCCC)cc3)C2)nc2ccccc21. The van der Waals surface area contributed by atoms with Gasteiger partial charge in [0.2, 0.25) is 5.91 Å². The second kappa shape index (κ2) is 11.5. The minimum atomic E-state index is 0.143. The first kappa shape index (κ1) is 23.5. The topological polar surface area (TPSA) is 38.1 Å². The van der Waals surface area contributed by atoms with Crippen molar-refractivity contribution in [3.8, 4) is 0 Å². The van der Waals surface area contributed by atoms with Crippen LogP contribution in [0.2, 0.25) is 0 Å². The van der Waals surface area contributed by atoms with Crippen molar-refractivity contribution in [3.63, 3.8) is 0 Å². The van der Waals surface area contributed by atoms with Crippen molar-refractivity contribution in [2.75, 3.05) is 11.4 Å². The number of unbranched alkanes of at least 4 members (excludes halogenated alkanes) is 6. The van der Waals surface area contributed by atoms with Gasteiger partial charge in [-0.2, -0.15) is 0 Å². The molecule has 4 heteroatoms. The summed E-state index contributed by atoms with van der Waals surface area (Å²) in [6.45, 7) is 6.18. The van der Waals surface area contributed by atoms with Crippen LogP contribution in [-0.4, -0.2) is 22.0 Å². The highest BCUT2D eigenvalue weighted by molar-refractivity contribution is 5.96. The molecule has 1 aromatic heterocycles. The lowest BCUT2D eigenvalue weighted by Gasteiger charge is -2.18. The molecule has 2 aromatic carbocycles. The van der Waals surface area contributed by atoms with E-state index < -0.39 is 0 Å². The quantitative estimate of drug-likeness (QED) is 0.275. The summed E-state index contributed by atoms with van der Waals surface area (Å²) in [7, 11) is 0. The fourth-order valence-corrected chi connectivity index (χ4v) is 5.04. The molecular formula is C29H39N3O. The summed E-state index contributed by atoms with van der Waals surface area (Å²) in [5, 5.41) is 0. The number of nitrogens with zero attached hydrogens (tertiary/aromatic N) is 3. The van der Waals surface area contributed by atoms with Gasteiger partial charge in [0.25, 0.3) is 0 Å². The van der Waals surface area contributed by atoms with Crippen LogP contribution in [0.25, 0.3) is 11.0 Å². The van der Waals surface area contributed by atoms with Crippen molar-refractivity contribution in [2.45, 2.75) is 90.5 Å². The molecule has 1 atom stereocenters. The molecule has 0 radical (unpaired) electrons. The molecule has 1 amide bonds. The molecule has 1 aliphatic heterocycles. The highest BCUT2D eigenvalue weighted by atomic mass is 16.2. The monoisotopic (exact) mass is 445 g/mol. The number of carbonyl (C=O) groups is 1. The molecule has 2 heterocycles. The van der Waals surface area contributed by atoms with Crippen molar-refractivity contribution < 1.29 is 4.79 Å². The molecule has 1 fully saturated rings. The summed E-state index contributed by atoms with van der Waals surface area (Å²) in [4.78, 5) is 20.0. The second-order valence-electron chi connectivity index (χ2n) is 9.55. The van der Waals surface area contributed by atoms with Gasteiger partial charge in [0.15, 0.2) is 0 Å². The molecule has 0 spiro atoms. The Morgan fingerprint density at radius 2 is 1.61 bits per heavy atom. The molecule has 1 aliphatic rings. The molecular weight excluding hydrogens is 406 g/mol. The van der Waals surface area contributed by atoms with Crippen LogP contribution >= 0.6 is 0 Å². The van der Waals surface area contributed by atoms with Gasteiger partial charge >= 0.3 is 0 Å². The van der Waals surface area contributed by atoms with Gasteiger partial charge in [0.05, 0.1) is 11.0 Å². The average molecular weight is 446 g/mol. The van der Waals surface area contributed by atoms with Crippen molar-refractivity contribution in [1.82, 2.24) is 9.55 Å². The molecule has 3 aromatic rings. The lowest BCUT2D eigenvalue weighted by Crippen LogP contribution is -2.24. The number of aromatic nitrogens is 2. The molecule has 33 heavy (non-hydrogen) atoms. The number of carbonyl (C=O) groups excluding carboxylic acids is 1. The van der Waals surface area contributed by atoms with Gasteiger partial charge in [-0.05, 0) is 49.1 Å². The number of para-hydroxylation sites is 2. The van der Waals surface area contributed by atoms with Crippen LogP contribution in [0.15, 0.2) is 48.5 Å².